The SMILES string of the molecule is CN(CC1CC1)c1ccc(CCl)c(C(F)(F)F)c1. The molecule has 0 saturated heterocycles. The predicted octanol–water partition coefficient (Wildman–Crippen LogP) is 4.29. The number of hydrogen-bond acceptors (Lipinski definition) is 1. The molecule has 1 saturated carbocycles. The Labute approximate surface area is 110 Å². The first-order valence-electron chi connectivity index (χ1n) is 5.89. The second-order valence-corrected chi connectivity index (χ2v) is 5.06. The van der Waals surface area contributed by atoms with Gasteiger partial charge in [0.05, 0.1) is 5.56 Å². The van der Waals surface area contributed by atoms with Crippen molar-refractivity contribution in [3.63, 3.8) is 0 Å². The highest BCUT2D eigenvalue weighted by molar-refractivity contribution is 6.17. The van der Waals surface area contributed by atoms with Gasteiger partial charge in [0.1, 0.15) is 0 Å². The van der Waals surface area contributed by atoms with E-state index in [4.69, 9.17) is 11.6 Å². The smallest absolute Gasteiger partial charge is 0.374 e. The first-order chi connectivity index (χ1) is 8.41. The zero-order valence-corrected chi connectivity index (χ0v) is 10.9. The summed E-state index contributed by atoms with van der Waals surface area (Å²) in [5.74, 6) is 0.513. The number of halogens is 4. The van der Waals surface area contributed by atoms with Gasteiger partial charge in [-0.25, -0.2) is 0 Å². The molecule has 0 radical (unpaired) electrons. The average molecular weight is 278 g/mol. The fourth-order valence-electron chi connectivity index (χ4n) is 1.98. The summed E-state index contributed by atoms with van der Waals surface area (Å²) in [7, 11) is 1.83. The molecule has 0 amide bonds. The molecule has 1 nitrogen and oxygen atoms in total. The Morgan fingerprint density at radius 1 is 1.33 bits per heavy atom. The Bertz CT molecular complexity index is 427. The Balaban J connectivity index is 2.26. The highest BCUT2D eigenvalue weighted by Crippen LogP contribution is 2.36. The van der Waals surface area contributed by atoms with E-state index in [1.165, 1.54) is 25.0 Å². The van der Waals surface area contributed by atoms with Gasteiger partial charge in [0.25, 0.3) is 0 Å². The van der Waals surface area contributed by atoms with Crippen molar-refractivity contribution in [3.05, 3.63) is 29.3 Å². The molecule has 5 heteroatoms. The van der Waals surface area contributed by atoms with Crippen LogP contribution < -0.4 is 4.90 Å². The molecule has 1 aliphatic rings. The monoisotopic (exact) mass is 277 g/mol. The maximum absolute atomic E-state index is 12.9. The largest absolute Gasteiger partial charge is 0.416 e. The van der Waals surface area contributed by atoms with Crippen molar-refractivity contribution in [1.82, 2.24) is 0 Å². The number of alkyl halides is 4. The Kier molecular flexibility index (Phi) is 3.76. The molecule has 100 valence electrons. The summed E-state index contributed by atoms with van der Waals surface area (Å²) in [5.41, 5.74) is 0.105. The lowest BCUT2D eigenvalue weighted by atomic mass is 10.1. The number of rotatable bonds is 4. The highest BCUT2D eigenvalue weighted by atomic mass is 35.5. The van der Waals surface area contributed by atoms with Gasteiger partial charge in [0.2, 0.25) is 0 Å². The fourth-order valence-corrected chi connectivity index (χ4v) is 2.21. The molecule has 0 spiro atoms. The highest BCUT2D eigenvalue weighted by Gasteiger charge is 2.33. The van der Waals surface area contributed by atoms with E-state index in [0.29, 0.717) is 11.6 Å². The van der Waals surface area contributed by atoms with Gasteiger partial charge < -0.3 is 4.90 Å². The van der Waals surface area contributed by atoms with Crippen molar-refractivity contribution < 1.29 is 13.2 Å². The van der Waals surface area contributed by atoms with E-state index in [1.807, 2.05) is 11.9 Å². The van der Waals surface area contributed by atoms with Gasteiger partial charge in [-0.05, 0) is 36.5 Å². The number of nitrogens with zero attached hydrogens (tertiary/aromatic N) is 1. The van der Waals surface area contributed by atoms with Crippen molar-refractivity contribution in [2.75, 3.05) is 18.5 Å². The molecule has 0 N–H and O–H groups in total. The topological polar surface area (TPSA) is 3.24 Å². The van der Waals surface area contributed by atoms with E-state index in [1.54, 1.807) is 6.07 Å². The minimum Gasteiger partial charge on any atom is -0.374 e. The molecule has 1 aliphatic carbocycles. The second kappa shape index (κ2) is 5.00. The van der Waals surface area contributed by atoms with Gasteiger partial charge in [-0.2, -0.15) is 13.2 Å². The third-order valence-corrected chi connectivity index (χ3v) is 3.50. The number of hydrogen-bond donors (Lipinski definition) is 0. The van der Waals surface area contributed by atoms with Crippen molar-refractivity contribution in [2.45, 2.75) is 24.9 Å². The molecule has 0 aliphatic heterocycles. The van der Waals surface area contributed by atoms with Crippen LogP contribution in [0.5, 0.6) is 0 Å². The summed E-state index contributed by atoms with van der Waals surface area (Å²) in [6.07, 6.45) is -1.99. The maximum Gasteiger partial charge on any atom is 0.416 e. The Morgan fingerprint density at radius 2 is 2.00 bits per heavy atom. The van der Waals surface area contributed by atoms with Crippen LogP contribution in [0, 0.1) is 5.92 Å². The third kappa shape index (κ3) is 3.10. The summed E-state index contributed by atoms with van der Waals surface area (Å²) < 4.78 is 38.6. The normalized spacial score (nSPS) is 15.8. The Morgan fingerprint density at radius 3 is 2.50 bits per heavy atom. The quantitative estimate of drug-likeness (QED) is 0.742. The predicted molar refractivity (Wildman–Crippen MR) is 67.0 cm³/mol. The first-order valence-corrected chi connectivity index (χ1v) is 6.42. The molecule has 18 heavy (non-hydrogen) atoms. The van der Waals surface area contributed by atoms with Gasteiger partial charge >= 0.3 is 6.18 Å². The molecule has 0 aromatic heterocycles. The molecule has 0 bridgehead atoms. The Hall–Kier alpha value is -0.900. The average Bonchev–Trinajstić information content (AvgIpc) is 3.11. The summed E-state index contributed by atoms with van der Waals surface area (Å²) in [4.78, 5) is 1.88. The van der Waals surface area contributed by atoms with E-state index >= 15 is 0 Å². The van der Waals surface area contributed by atoms with E-state index in [-0.39, 0.29) is 11.4 Å². The lowest BCUT2D eigenvalue weighted by molar-refractivity contribution is -0.138. The summed E-state index contributed by atoms with van der Waals surface area (Å²) >= 11 is 5.55. The number of anilines is 1. The van der Waals surface area contributed by atoms with Gasteiger partial charge in [-0.3, -0.25) is 0 Å². The first kappa shape index (κ1) is 13.5. The molecule has 0 atom stereocenters. The molecule has 1 fully saturated rings. The summed E-state index contributed by atoms with van der Waals surface area (Å²) in [6, 6.07) is 4.37. The lowest BCUT2D eigenvalue weighted by Crippen LogP contribution is -2.21. The van der Waals surface area contributed by atoms with Crippen LogP contribution in [0.2, 0.25) is 0 Å². The van der Waals surface area contributed by atoms with Crippen LogP contribution in [0.15, 0.2) is 18.2 Å². The van der Waals surface area contributed by atoms with Crippen molar-refractivity contribution in [1.29, 1.82) is 0 Å². The van der Waals surface area contributed by atoms with Crippen LogP contribution >= 0.6 is 11.6 Å². The second-order valence-electron chi connectivity index (χ2n) is 4.80. The number of benzene rings is 1. The summed E-state index contributed by atoms with van der Waals surface area (Å²) in [5, 5.41) is 0. The minimum atomic E-state index is -4.35. The molecule has 1 aromatic carbocycles. The van der Waals surface area contributed by atoms with Gasteiger partial charge in [0, 0.05) is 25.2 Å². The van der Waals surface area contributed by atoms with Gasteiger partial charge in [0.15, 0.2) is 0 Å². The van der Waals surface area contributed by atoms with E-state index in [9.17, 15) is 13.2 Å². The summed E-state index contributed by atoms with van der Waals surface area (Å²) in [6.45, 7) is 0.817. The van der Waals surface area contributed by atoms with Crippen molar-refractivity contribution >= 4 is 17.3 Å². The van der Waals surface area contributed by atoms with Crippen LogP contribution in [-0.2, 0) is 12.1 Å². The van der Waals surface area contributed by atoms with Crippen LogP contribution in [0.4, 0.5) is 18.9 Å². The van der Waals surface area contributed by atoms with Gasteiger partial charge in [-0.15, -0.1) is 11.6 Å². The van der Waals surface area contributed by atoms with E-state index in [0.717, 1.165) is 6.54 Å². The molecule has 0 unspecified atom stereocenters. The van der Waals surface area contributed by atoms with E-state index < -0.39 is 11.7 Å². The van der Waals surface area contributed by atoms with E-state index in [2.05, 4.69) is 0 Å². The maximum atomic E-state index is 12.9. The third-order valence-electron chi connectivity index (χ3n) is 3.21. The van der Waals surface area contributed by atoms with Crippen LogP contribution in [-0.4, -0.2) is 13.6 Å². The van der Waals surface area contributed by atoms with Gasteiger partial charge in [-0.1, -0.05) is 6.07 Å². The van der Waals surface area contributed by atoms with Crippen molar-refractivity contribution in [2.24, 2.45) is 5.92 Å². The molecule has 0 heterocycles. The molecular weight excluding hydrogens is 263 g/mol. The molecule has 2 rings (SSSR count). The fraction of sp³-hybridized carbons (Fsp3) is 0.538. The van der Waals surface area contributed by atoms with Crippen LogP contribution in [0.3, 0.4) is 0 Å². The van der Waals surface area contributed by atoms with Crippen LogP contribution in [0.1, 0.15) is 24.0 Å². The standard InChI is InChI=1S/C13H15ClF3N/c1-18(8-9-2-3-9)11-5-4-10(7-14)12(6-11)13(15,16)17/h4-6,9H,2-3,7-8H2,1H3. The van der Waals surface area contributed by atoms with Crippen molar-refractivity contribution in [3.8, 4) is 0 Å². The molecule has 1 aromatic rings. The van der Waals surface area contributed by atoms with Crippen LogP contribution in [0.25, 0.3) is 0 Å². The minimum absolute atomic E-state index is 0.124. The lowest BCUT2D eigenvalue weighted by Gasteiger charge is -2.21. The zero-order valence-electron chi connectivity index (χ0n) is 10.1. The zero-order chi connectivity index (χ0) is 13.3. The molecular formula is C13H15ClF3N.